The van der Waals surface area contributed by atoms with E-state index >= 15 is 0 Å². The zero-order chi connectivity index (χ0) is 13.6. The first-order valence-corrected chi connectivity index (χ1v) is 6.36. The number of carbonyl (C=O) groups is 1. The second-order valence-electron chi connectivity index (χ2n) is 4.08. The molecular formula is C13H9FN2O2S. The number of imidazole rings is 1. The van der Waals surface area contributed by atoms with Crippen molar-refractivity contribution in [3.8, 4) is 11.3 Å². The lowest BCUT2D eigenvalue weighted by molar-refractivity contribution is 0.0702. The minimum atomic E-state index is -1.08. The molecule has 0 atom stereocenters. The van der Waals surface area contributed by atoms with Gasteiger partial charge in [0, 0.05) is 17.5 Å². The van der Waals surface area contributed by atoms with Gasteiger partial charge in [0.05, 0.1) is 5.69 Å². The van der Waals surface area contributed by atoms with Crippen molar-refractivity contribution in [2.24, 2.45) is 0 Å². The molecule has 1 aromatic carbocycles. The number of fused-ring (bicyclic) bond motifs is 1. The summed E-state index contributed by atoms with van der Waals surface area (Å²) < 4.78 is 15.6. The molecule has 0 bridgehead atoms. The first kappa shape index (κ1) is 11.9. The van der Waals surface area contributed by atoms with Crippen LogP contribution < -0.4 is 0 Å². The van der Waals surface area contributed by atoms with Crippen LogP contribution >= 0.6 is 11.3 Å². The summed E-state index contributed by atoms with van der Waals surface area (Å²) in [5, 5.41) is 9.28. The molecule has 0 amide bonds. The van der Waals surface area contributed by atoms with Gasteiger partial charge >= 0.3 is 5.97 Å². The van der Waals surface area contributed by atoms with Crippen molar-refractivity contribution in [3.05, 3.63) is 46.9 Å². The van der Waals surface area contributed by atoms with Gasteiger partial charge in [0.25, 0.3) is 0 Å². The minimum absolute atomic E-state index is 0.0938. The van der Waals surface area contributed by atoms with Crippen molar-refractivity contribution < 1.29 is 14.3 Å². The number of aryl methyl sites for hydroxylation is 1. The van der Waals surface area contributed by atoms with E-state index in [0.717, 1.165) is 17.0 Å². The second kappa shape index (κ2) is 4.17. The monoisotopic (exact) mass is 276 g/mol. The van der Waals surface area contributed by atoms with Crippen molar-refractivity contribution in [2.75, 3.05) is 0 Å². The molecule has 96 valence electrons. The molecule has 0 spiro atoms. The molecule has 0 saturated heterocycles. The molecule has 2 aromatic heterocycles. The van der Waals surface area contributed by atoms with E-state index in [1.165, 1.54) is 6.07 Å². The van der Waals surface area contributed by atoms with Crippen LogP contribution in [0.5, 0.6) is 0 Å². The molecule has 3 rings (SSSR count). The van der Waals surface area contributed by atoms with Crippen molar-refractivity contribution in [1.29, 1.82) is 0 Å². The van der Waals surface area contributed by atoms with Crippen LogP contribution in [0.2, 0.25) is 0 Å². The van der Waals surface area contributed by atoms with Crippen molar-refractivity contribution in [1.82, 2.24) is 9.38 Å². The Kier molecular flexibility index (Phi) is 2.60. The maximum absolute atomic E-state index is 13.9. The maximum Gasteiger partial charge on any atom is 0.348 e. The zero-order valence-corrected chi connectivity index (χ0v) is 10.7. The highest BCUT2D eigenvalue weighted by molar-refractivity contribution is 7.19. The van der Waals surface area contributed by atoms with Crippen molar-refractivity contribution in [2.45, 2.75) is 6.92 Å². The Morgan fingerprint density at radius 2 is 2.16 bits per heavy atom. The van der Waals surface area contributed by atoms with Crippen LogP contribution in [0, 0.1) is 12.7 Å². The van der Waals surface area contributed by atoms with E-state index in [9.17, 15) is 14.3 Å². The minimum Gasteiger partial charge on any atom is -0.477 e. The van der Waals surface area contributed by atoms with Gasteiger partial charge in [0.1, 0.15) is 10.7 Å². The van der Waals surface area contributed by atoms with Crippen LogP contribution in [0.4, 0.5) is 4.39 Å². The lowest BCUT2D eigenvalue weighted by atomic mass is 10.1. The third kappa shape index (κ3) is 1.72. The number of halogens is 1. The van der Waals surface area contributed by atoms with Crippen LogP contribution in [-0.4, -0.2) is 20.5 Å². The molecule has 0 saturated carbocycles. The van der Waals surface area contributed by atoms with Crippen LogP contribution in [0.1, 0.15) is 15.4 Å². The third-order valence-electron chi connectivity index (χ3n) is 2.86. The number of hydrogen-bond acceptors (Lipinski definition) is 3. The van der Waals surface area contributed by atoms with Crippen LogP contribution in [0.25, 0.3) is 16.2 Å². The van der Waals surface area contributed by atoms with Gasteiger partial charge in [-0.25, -0.2) is 14.2 Å². The summed E-state index contributed by atoms with van der Waals surface area (Å²) in [5.41, 5.74) is 1.39. The second-order valence-corrected chi connectivity index (χ2v) is 5.06. The Balaban J connectivity index is 2.44. The average Bonchev–Trinajstić information content (AvgIpc) is 2.91. The number of aromatic nitrogens is 2. The van der Waals surface area contributed by atoms with E-state index < -0.39 is 11.8 Å². The Bertz CT molecular complexity index is 791. The van der Waals surface area contributed by atoms with Gasteiger partial charge in [-0.2, -0.15) is 0 Å². The summed E-state index contributed by atoms with van der Waals surface area (Å²) >= 11 is 1.04. The number of rotatable bonds is 2. The lowest BCUT2D eigenvalue weighted by Crippen LogP contribution is -2.00. The van der Waals surface area contributed by atoms with E-state index in [4.69, 9.17) is 0 Å². The molecule has 0 radical (unpaired) electrons. The number of carboxylic acid groups (broad SMARTS) is 1. The normalized spacial score (nSPS) is 11.1. The molecule has 1 N–H and O–H groups in total. The summed E-state index contributed by atoms with van der Waals surface area (Å²) in [6.45, 7) is 1.81. The van der Waals surface area contributed by atoms with Crippen molar-refractivity contribution >= 4 is 22.3 Å². The fourth-order valence-corrected chi connectivity index (χ4v) is 3.04. The molecule has 0 aliphatic heterocycles. The number of nitrogens with zero attached hydrogens (tertiary/aromatic N) is 2. The topological polar surface area (TPSA) is 54.6 Å². The summed E-state index contributed by atoms with van der Waals surface area (Å²) in [6, 6.07) is 6.14. The smallest absolute Gasteiger partial charge is 0.348 e. The summed E-state index contributed by atoms with van der Waals surface area (Å²) in [6.07, 6.45) is 1.64. The maximum atomic E-state index is 13.9. The molecule has 0 unspecified atom stereocenters. The van der Waals surface area contributed by atoms with E-state index in [1.807, 2.05) is 6.92 Å². The van der Waals surface area contributed by atoms with Gasteiger partial charge in [-0.05, 0) is 19.1 Å². The first-order chi connectivity index (χ1) is 9.09. The molecule has 0 aliphatic carbocycles. The lowest BCUT2D eigenvalue weighted by Gasteiger charge is -2.05. The Morgan fingerprint density at radius 3 is 2.84 bits per heavy atom. The van der Waals surface area contributed by atoms with Gasteiger partial charge in [0.15, 0.2) is 4.96 Å². The molecule has 3 aromatic rings. The van der Waals surface area contributed by atoms with E-state index in [1.54, 1.807) is 28.8 Å². The number of carboxylic acids is 1. The Morgan fingerprint density at radius 1 is 1.42 bits per heavy atom. The van der Waals surface area contributed by atoms with Crippen LogP contribution in [0.15, 0.2) is 30.5 Å². The molecule has 0 aliphatic rings. The summed E-state index contributed by atoms with van der Waals surface area (Å²) in [7, 11) is 0. The number of thiazole rings is 1. The molecule has 6 heteroatoms. The molecule has 2 heterocycles. The highest BCUT2D eigenvalue weighted by atomic mass is 32.1. The average molecular weight is 276 g/mol. The fraction of sp³-hybridized carbons (Fsp3) is 0.0769. The van der Waals surface area contributed by atoms with Crippen molar-refractivity contribution in [3.63, 3.8) is 0 Å². The van der Waals surface area contributed by atoms with Gasteiger partial charge < -0.3 is 5.11 Å². The fourth-order valence-electron chi connectivity index (χ4n) is 2.04. The van der Waals surface area contributed by atoms with E-state index in [0.29, 0.717) is 10.7 Å². The highest BCUT2D eigenvalue weighted by Crippen LogP contribution is 2.33. The number of benzene rings is 1. The predicted molar refractivity (Wildman–Crippen MR) is 70.2 cm³/mol. The zero-order valence-electron chi connectivity index (χ0n) is 9.92. The first-order valence-electron chi connectivity index (χ1n) is 5.54. The van der Waals surface area contributed by atoms with Gasteiger partial charge in [-0.1, -0.05) is 23.5 Å². The van der Waals surface area contributed by atoms with Gasteiger partial charge in [-0.3, -0.25) is 4.40 Å². The summed E-state index contributed by atoms with van der Waals surface area (Å²) in [4.78, 5) is 16.1. The third-order valence-corrected chi connectivity index (χ3v) is 3.90. The Hall–Kier alpha value is -2.21. The van der Waals surface area contributed by atoms with Crippen LogP contribution in [-0.2, 0) is 0 Å². The number of hydrogen-bond donors (Lipinski definition) is 1. The SMILES string of the molecule is Cc1cnc2sc(C(=O)O)c(-c3ccccc3F)n12. The largest absolute Gasteiger partial charge is 0.477 e. The molecule has 4 nitrogen and oxygen atoms in total. The highest BCUT2D eigenvalue weighted by Gasteiger charge is 2.23. The standard InChI is InChI=1S/C13H9FN2O2S/c1-7-6-15-13-16(7)10(11(19-13)12(17)18)8-4-2-3-5-9(8)14/h2-6H,1H3,(H,17,18). The molecule has 0 fully saturated rings. The molecule has 19 heavy (non-hydrogen) atoms. The molecular weight excluding hydrogens is 267 g/mol. The summed E-state index contributed by atoms with van der Waals surface area (Å²) in [5.74, 6) is -1.52. The Labute approximate surface area is 111 Å². The van der Waals surface area contributed by atoms with E-state index in [2.05, 4.69) is 4.98 Å². The number of aromatic carboxylic acids is 1. The quantitative estimate of drug-likeness (QED) is 0.782. The van der Waals surface area contributed by atoms with Gasteiger partial charge in [-0.15, -0.1) is 0 Å². The van der Waals surface area contributed by atoms with Gasteiger partial charge in [0.2, 0.25) is 0 Å². The van der Waals surface area contributed by atoms with Crippen LogP contribution in [0.3, 0.4) is 0 Å². The predicted octanol–water partition coefficient (Wildman–Crippen LogP) is 3.21. The van der Waals surface area contributed by atoms with E-state index in [-0.39, 0.29) is 10.4 Å².